The molecule has 1 aliphatic heterocycles. The lowest BCUT2D eigenvalue weighted by Gasteiger charge is -2.13. The van der Waals surface area contributed by atoms with Gasteiger partial charge in [0.05, 0.1) is 15.5 Å². The summed E-state index contributed by atoms with van der Waals surface area (Å²) in [5, 5.41) is 2.68. The van der Waals surface area contributed by atoms with E-state index in [4.69, 9.17) is 16.3 Å². The molecule has 1 aliphatic rings. The van der Waals surface area contributed by atoms with Gasteiger partial charge in [0, 0.05) is 10.7 Å². The quantitative estimate of drug-likeness (QED) is 0.479. The molecular formula is C22H20BrClN2O4S. The predicted molar refractivity (Wildman–Crippen MR) is 127 cm³/mol. The minimum absolute atomic E-state index is 0.0285. The first-order valence-corrected chi connectivity index (χ1v) is 11.4. The molecule has 2 aromatic rings. The average Bonchev–Trinajstić information content (AvgIpc) is 2.94. The molecule has 3 rings (SSSR count). The van der Waals surface area contributed by atoms with Crippen LogP contribution in [0.2, 0.25) is 5.02 Å². The van der Waals surface area contributed by atoms with Gasteiger partial charge in [-0.15, -0.1) is 0 Å². The van der Waals surface area contributed by atoms with E-state index >= 15 is 0 Å². The molecule has 31 heavy (non-hydrogen) atoms. The van der Waals surface area contributed by atoms with Gasteiger partial charge in [0.15, 0.2) is 0 Å². The summed E-state index contributed by atoms with van der Waals surface area (Å²) in [5.74, 6) is -0.305. The van der Waals surface area contributed by atoms with Gasteiger partial charge in [0.1, 0.15) is 12.3 Å². The molecule has 162 valence electrons. The van der Waals surface area contributed by atoms with Crippen molar-refractivity contribution in [3.05, 3.63) is 61.9 Å². The van der Waals surface area contributed by atoms with E-state index in [-0.39, 0.29) is 17.6 Å². The molecule has 1 heterocycles. The number of nitrogens with one attached hydrogen (secondary N) is 1. The largest absolute Gasteiger partial charge is 0.490 e. The third-order valence-corrected chi connectivity index (χ3v) is 6.18. The highest BCUT2D eigenvalue weighted by atomic mass is 79.9. The summed E-state index contributed by atoms with van der Waals surface area (Å²) < 4.78 is 6.42. The summed E-state index contributed by atoms with van der Waals surface area (Å²) >= 11 is 10.3. The lowest BCUT2D eigenvalue weighted by Crippen LogP contribution is -2.36. The molecule has 0 bridgehead atoms. The van der Waals surface area contributed by atoms with Crippen molar-refractivity contribution in [2.45, 2.75) is 26.9 Å². The SMILES string of the molecule is Cc1ccc(NC(=O)CN2C(=O)S/C(=C\c3ccc(OC(C)C)c(Br)c3)C2=O)cc1Cl. The van der Waals surface area contributed by atoms with E-state index in [1.807, 2.05) is 20.8 Å². The van der Waals surface area contributed by atoms with E-state index in [0.717, 1.165) is 32.3 Å². The minimum Gasteiger partial charge on any atom is -0.490 e. The number of nitrogens with zero attached hydrogens (tertiary/aromatic N) is 1. The number of hydrogen-bond donors (Lipinski definition) is 1. The van der Waals surface area contributed by atoms with Crippen LogP contribution in [0.1, 0.15) is 25.0 Å². The lowest BCUT2D eigenvalue weighted by atomic mass is 10.2. The van der Waals surface area contributed by atoms with Crippen LogP contribution < -0.4 is 10.1 Å². The summed E-state index contributed by atoms with van der Waals surface area (Å²) in [5.41, 5.74) is 2.11. The third-order valence-electron chi connectivity index (χ3n) is 4.25. The van der Waals surface area contributed by atoms with Crippen molar-refractivity contribution in [3.63, 3.8) is 0 Å². The van der Waals surface area contributed by atoms with Crippen LogP contribution in [0.25, 0.3) is 6.08 Å². The molecule has 1 N–H and O–H groups in total. The Morgan fingerprint density at radius 3 is 2.65 bits per heavy atom. The number of carbonyl (C=O) groups excluding carboxylic acids is 3. The fourth-order valence-electron chi connectivity index (χ4n) is 2.76. The topological polar surface area (TPSA) is 75.7 Å². The Kier molecular flexibility index (Phi) is 7.46. The van der Waals surface area contributed by atoms with Crippen LogP contribution in [0, 0.1) is 6.92 Å². The number of anilines is 1. The van der Waals surface area contributed by atoms with E-state index in [9.17, 15) is 14.4 Å². The van der Waals surface area contributed by atoms with Crippen molar-refractivity contribution in [1.29, 1.82) is 0 Å². The predicted octanol–water partition coefficient (Wildman–Crippen LogP) is 5.87. The van der Waals surface area contributed by atoms with E-state index in [0.29, 0.717) is 16.5 Å². The molecule has 0 aliphatic carbocycles. The Morgan fingerprint density at radius 2 is 2.00 bits per heavy atom. The van der Waals surface area contributed by atoms with Crippen LogP contribution in [0.3, 0.4) is 0 Å². The highest BCUT2D eigenvalue weighted by Crippen LogP contribution is 2.34. The number of carbonyl (C=O) groups is 3. The fourth-order valence-corrected chi connectivity index (χ4v) is 4.27. The van der Waals surface area contributed by atoms with Crippen molar-refractivity contribution in [1.82, 2.24) is 4.90 Å². The lowest BCUT2D eigenvalue weighted by molar-refractivity contribution is -0.127. The number of imide groups is 1. The Morgan fingerprint density at radius 1 is 1.26 bits per heavy atom. The zero-order valence-corrected chi connectivity index (χ0v) is 20.2. The van der Waals surface area contributed by atoms with E-state index in [2.05, 4.69) is 21.2 Å². The standard InChI is InChI=1S/C22H20BrClN2O4S/c1-12(2)30-18-7-5-14(8-16(18)23)9-19-21(28)26(22(29)31-19)11-20(27)25-15-6-4-13(3)17(24)10-15/h4-10,12H,11H2,1-3H3,(H,25,27)/b19-9-. The first kappa shape index (κ1) is 23.4. The number of hydrogen-bond acceptors (Lipinski definition) is 5. The number of rotatable bonds is 6. The Balaban J connectivity index is 1.69. The summed E-state index contributed by atoms with van der Waals surface area (Å²) in [7, 11) is 0. The Hall–Kier alpha value is -2.29. The number of halogens is 2. The molecule has 6 nitrogen and oxygen atoms in total. The van der Waals surface area contributed by atoms with Crippen molar-refractivity contribution in [2.24, 2.45) is 0 Å². The number of thioether (sulfide) groups is 1. The maximum Gasteiger partial charge on any atom is 0.294 e. The summed E-state index contributed by atoms with van der Waals surface area (Å²) in [4.78, 5) is 38.5. The van der Waals surface area contributed by atoms with Gasteiger partial charge in [-0.25, -0.2) is 0 Å². The maximum absolute atomic E-state index is 12.7. The molecule has 9 heteroatoms. The first-order chi connectivity index (χ1) is 14.6. The number of amides is 3. The van der Waals surface area contributed by atoms with Gasteiger partial charge >= 0.3 is 0 Å². The molecule has 3 amide bonds. The van der Waals surface area contributed by atoms with Crippen molar-refractivity contribution in [2.75, 3.05) is 11.9 Å². The van der Waals surface area contributed by atoms with Crippen molar-refractivity contribution < 1.29 is 19.1 Å². The zero-order chi connectivity index (χ0) is 22.7. The van der Waals surface area contributed by atoms with Gasteiger partial charge in [-0.3, -0.25) is 19.3 Å². The van der Waals surface area contributed by atoms with Gasteiger partial charge in [-0.2, -0.15) is 0 Å². The monoisotopic (exact) mass is 522 g/mol. The van der Waals surface area contributed by atoms with Gasteiger partial charge in [-0.05, 0) is 89.9 Å². The molecule has 0 radical (unpaired) electrons. The number of aryl methyl sites for hydroxylation is 1. The minimum atomic E-state index is -0.509. The second-order valence-corrected chi connectivity index (χ2v) is 9.39. The van der Waals surface area contributed by atoms with Gasteiger partial charge in [0.25, 0.3) is 11.1 Å². The molecule has 0 spiro atoms. The Labute approximate surface area is 198 Å². The molecule has 1 saturated heterocycles. The average molecular weight is 524 g/mol. The fraction of sp³-hybridized carbons (Fsp3) is 0.227. The molecule has 1 fully saturated rings. The van der Waals surface area contributed by atoms with Crippen molar-refractivity contribution >= 4 is 68.1 Å². The van der Waals surface area contributed by atoms with Crippen LogP contribution in [0.4, 0.5) is 10.5 Å². The normalized spacial score (nSPS) is 15.2. The van der Waals surface area contributed by atoms with E-state index in [1.165, 1.54) is 0 Å². The molecule has 0 aromatic heterocycles. The van der Waals surface area contributed by atoms with Crippen molar-refractivity contribution in [3.8, 4) is 5.75 Å². The second kappa shape index (κ2) is 9.89. The molecule has 2 aromatic carbocycles. The summed E-state index contributed by atoms with van der Waals surface area (Å²) in [6.45, 7) is 5.34. The molecule has 0 saturated carbocycles. The van der Waals surface area contributed by atoms with Crippen LogP contribution in [0.5, 0.6) is 5.75 Å². The number of benzene rings is 2. The van der Waals surface area contributed by atoms with Crippen LogP contribution in [0.15, 0.2) is 45.8 Å². The highest BCUT2D eigenvalue weighted by Gasteiger charge is 2.36. The van der Waals surface area contributed by atoms with Crippen LogP contribution in [-0.4, -0.2) is 34.6 Å². The van der Waals surface area contributed by atoms with Crippen LogP contribution in [-0.2, 0) is 9.59 Å². The third kappa shape index (κ3) is 5.90. The van der Waals surface area contributed by atoms with Gasteiger partial charge < -0.3 is 10.1 Å². The highest BCUT2D eigenvalue weighted by molar-refractivity contribution is 9.10. The summed E-state index contributed by atoms with van der Waals surface area (Å²) in [6, 6.07) is 10.5. The van der Waals surface area contributed by atoms with E-state index in [1.54, 1.807) is 42.5 Å². The number of ether oxygens (including phenoxy) is 1. The first-order valence-electron chi connectivity index (χ1n) is 9.41. The smallest absolute Gasteiger partial charge is 0.294 e. The van der Waals surface area contributed by atoms with Gasteiger partial charge in [-0.1, -0.05) is 23.7 Å². The molecule has 0 unspecified atom stereocenters. The molecular weight excluding hydrogens is 504 g/mol. The maximum atomic E-state index is 12.7. The zero-order valence-electron chi connectivity index (χ0n) is 17.1. The molecule has 0 atom stereocenters. The Bertz CT molecular complexity index is 1090. The van der Waals surface area contributed by atoms with Crippen LogP contribution >= 0.6 is 39.3 Å². The second-order valence-electron chi connectivity index (χ2n) is 7.14. The van der Waals surface area contributed by atoms with E-state index < -0.39 is 17.1 Å². The summed E-state index contributed by atoms with van der Waals surface area (Å²) in [6.07, 6.45) is 1.65. The van der Waals surface area contributed by atoms with Gasteiger partial charge in [0.2, 0.25) is 5.91 Å².